The Morgan fingerprint density at radius 2 is 2.10 bits per heavy atom. The molecule has 1 heterocycles. The van der Waals surface area contributed by atoms with Gasteiger partial charge in [0.1, 0.15) is 0 Å². The highest BCUT2D eigenvalue weighted by Gasteiger charge is 2.27. The Morgan fingerprint density at radius 1 is 1.25 bits per heavy atom. The van der Waals surface area contributed by atoms with Crippen molar-refractivity contribution in [3.63, 3.8) is 0 Å². The van der Waals surface area contributed by atoms with Crippen molar-refractivity contribution in [1.82, 2.24) is 0 Å². The van der Waals surface area contributed by atoms with E-state index in [1.165, 1.54) is 10.5 Å². The minimum absolute atomic E-state index is 0.0281. The van der Waals surface area contributed by atoms with Crippen LogP contribution in [0.4, 0.5) is 5.69 Å². The number of terminal acetylenes is 1. The monoisotopic (exact) mass is 279 g/mol. The van der Waals surface area contributed by atoms with Crippen molar-refractivity contribution in [2.24, 2.45) is 0 Å². The van der Waals surface area contributed by atoms with E-state index in [9.17, 15) is 4.79 Å². The molecular weight excluding hydrogens is 266 g/mol. The van der Waals surface area contributed by atoms with Gasteiger partial charge in [-0.25, -0.2) is 0 Å². The average molecular weight is 279 g/mol. The molecule has 0 aliphatic carbocycles. The Morgan fingerprint density at radius 3 is 2.90 bits per heavy atom. The second-order valence-corrected chi connectivity index (χ2v) is 5.88. The first-order valence-electron chi connectivity index (χ1n) is 6.38. The summed E-state index contributed by atoms with van der Waals surface area (Å²) < 4.78 is 0. The SMILES string of the molecule is C#Cc1cccc(NC(=O)C2Cc3ccccc3S2)c1. The van der Waals surface area contributed by atoms with E-state index >= 15 is 0 Å². The summed E-state index contributed by atoms with van der Waals surface area (Å²) >= 11 is 1.62. The molecule has 1 atom stereocenters. The van der Waals surface area contributed by atoms with E-state index in [1.54, 1.807) is 11.8 Å². The molecule has 0 fully saturated rings. The molecule has 2 nitrogen and oxygen atoms in total. The second kappa shape index (κ2) is 5.44. The number of benzene rings is 2. The molecule has 0 saturated carbocycles. The topological polar surface area (TPSA) is 29.1 Å². The molecule has 1 N–H and O–H groups in total. The van der Waals surface area contributed by atoms with Crippen molar-refractivity contribution in [3.8, 4) is 12.3 Å². The van der Waals surface area contributed by atoms with Crippen LogP contribution in [-0.4, -0.2) is 11.2 Å². The lowest BCUT2D eigenvalue weighted by Gasteiger charge is -2.10. The molecule has 2 aromatic carbocycles. The van der Waals surface area contributed by atoms with Crippen molar-refractivity contribution in [2.45, 2.75) is 16.6 Å². The molecule has 98 valence electrons. The molecule has 1 aliphatic rings. The van der Waals surface area contributed by atoms with Crippen molar-refractivity contribution in [1.29, 1.82) is 0 Å². The van der Waals surface area contributed by atoms with Crippen LogP contribution in [0.1, 0.15) is 11.1 Å². The first-order chi connectivity index (χ1) is 9.76. The van der Waals surface area contributed by atoms with Gasteiger partial charge in [-0.3, -0.25) is 4.79 Å². The van der Waals surface area contributed by atoms with Crippen molar-refractivity contribution < 1.29 is 4.79 Å². The van der Waals surface area contributed by atoms with Crippen molar-refractivity contribution in [2.75, 3.05) is 5.32 Å². The molecule has 3 rings (SSSR count). The largest absolute Gasteiger partial charge is 0.325 e. The molecule has 0 saturated heterocycles. The van der Waals surface area contributed by atoms with Gasteiger partial charge < -0.3 is 5.32 Å². The zero-order valence-electron chi connectivity index (χ0n) is 10.8. The number of anilines is 1. The van der Waals surface area contributed by atoms with Crippen LogP contribution in [-0.2, 0) is 11.2 Å². The molecule has 20 heavy (non-hydrogen) atoms. The quantitative estimate of drug-likeness (QED) is 0.854. The Kier molecular flexibility index (Phi) is 3.49. The highest BCUT2D eigenvalue weighted by Crippen LogP contribution is 2.37. The smallest absolute Gasteiger partial charge is 0.238 e. The standard InChI is InChI=1S/C17H13NOS/c1-2-12-6-5-8-14(10-12)18-17(19)16-11-13-7-3-4-9-15(13)20-16/h1,3-10,16H,11H2,(H,18,19). The number of rotatable bonds is 2. The van der Waals surface area contributed by atoms with Crippen LogP contribution in [0.3, 0.4) is 0 Å². The number of hydrogen-bond donors (Lipinski definition) is 1. The number of carbonyl (C=O) groups excluding carboxylic acids is 1. The van der Waals surface area contributed by atoms with Gasteiger partial charge in [-0.05, 0) is 36.2 Å². The van der Waals surface area contributed by atoms with Crippen LogP contribution in [0.15, 0.2) is 53.4 Å². The fourth-order valence-corrected chi connectivity index (χ4v) is 3.43. The van der Waals surface area contributed by atoms with Gasteiger partial charge in [-0.15, -0.1) is 18.2 Å². The summed E-state index contributed by atoms with van der Waals surface area (Å²) in [6, 6.07) is 15.5. The molecule has 0 spiro atoms. The third kappa shape index (κ3) is 2.56. The Bertz CT molecular complexity index is 677. The highest BCUT2D eigenvalue weighted by atomic mass is 32.2. The van der Waals surface area contributed by atoms with Gasteiger partial charge in [-0.1, -0.05) is 30.2 Å². The first-order valence-corrected chi connectivity index (χ1v) is 7.26. The summed E-state index contributed by atoms with van der Waals surface area (Å²) in [7, 11) is 0. The summed E-state index contributed by atoms with van der Waals surface area (Å²) in [4.78, 5) is 13.5. The highest BCUT2D eigenvalue weighted by molar-refractivity contribution is 8.01. The van der Waals surface area contributed by atoms with Crippen LogP contribution in [0.25, 0.3) is 0 Å². The molecule has 1 amide bonds. The molecule has 1 unspecified atom stereocenters. The zero-order valence-corrected chi connectivity index (χ0v) is 11.6. The Hall–Kier alpha value is -2.18. The normalized spacial score (nSPS) is 16.2. The van der Waals surface area contributed by atoms with E-state index in [4.69, 9.17) is 6.42 Å². The number of fused-ring (bicyclic) bond motifs is 1. The molecule has 0 radical (unpaired) electrons. The van der Waals surface area contributed by atoms with E-state index in [1.807, 2.05) is 36.4 Å². The van der Waals surface area contributed by atoms with Gasteiger partial charge in [0.15, 0.2) is 0 Å². The lowest BCUT2D eigenvalue weighted by atomic mass is 10.1. The average Bonchev–Trinajstić information content (AvgIpc) is 2.91. The van der Waals surface area contributed by atoms with Crippen LogP contribution >= 0.6 is 11.8 Å². The molecule has 3 heteroatoms. The first kappa shape index (κ1) is 12.8. The lowest BCUT2D eigenvalue weighted by molar-refractivity contribution is -0.115. The Labute approximate surface area is 122 Å². The van der Waals surface area contributed by atoms with E-state index in [-0.39, 0.29) is 11.2 Å². The van der Waals surface area contributed by atoms with Gasteiger partial charge in [0.2, 0.25) is 5.91 Å². The van der Waals surface area contributed by atoms with Crippen LogP contribution in [0.2, 0.25) is 0 Å². The molecule has 0 bridgehead atoms. The number of hydrogen-bond acceptors (Lipinski definition) is 2. The van der Waals surface area contributed by atoms with Gasteiger partial charge in [0.25, 0.3) is 0 Å². The third-order valence-electron chi connectivity index (χ3n) is 3.24. The Balaban J connectivity index is 1.71. The minimum atomic E-state index is -0.0677. The van der Waals surface area contributed by atoms with E-state index in [2.05, 4.69) is 23.4 Å². The van der Waals surface area contributed by atoms with E-state index in [0.717, 1.165) is 17.7 Å². The maximum atomic E-state index is 12.3. The molecule has 2 aromatic rings. The lowest BCUT2D eigenvalue weighted by Crippen LogP contribution is -2.24. The second-order valence-electron chi connectivity index (χ2n) is 4.63. The zero-order chi connectivity index (χ0) is 13.9. The van der Waals surface area contributed by atoms with Gasteiger partial charge in [-0.2, -0.15) is 0 Å². The fourth-order valence-electron chi connectivity index (χ4n) is 2.24. The summed E-state index contributed by atoms with van der Waals surface area (Å²) in [5.41, 5.74) is 2.77. The van der Waals surface area contributed by atoms with E-state index < -0.39 is 0 Å². The number of nitrogens with one attached hydrogen (secondary N) is 1. The minimum Gasteiger partial charge on any atom is -0.325 e. The maximum Gasteiger partial charge on any atom is 0.238 e. The molecular formula is C17H13NOS. The summed E-state index contributed by atoms with van der Waals surface area (Å²) in [6.45, 7) is 0. The fraction of sp³-hybridized carbons (Fsp3) is 0.118. The van der Waals surface area contributed by atoms with Crippen molar-refractivity contribution >= 4 is 23.4 Å². The number of thioether (sulfide) groups is 1. The third-order valence-corrected chi connectivity index (χ3v) is 4.55. The molecule has 1 aliphatic heterocycles. The van der Waals surface area contributed by atoms with Crippen LogP contribution in [0.5, 0.6) is 0 Å². The van der Waals surface area contributed by atoms with Crippen LogP contribution in [0, 0.1) is 12.3 Å². The maximum absolute atomic E-state index is 12.3. The number of amides is 1. The van der Waals surface area contributed by atoms with Crippen LogP contribution < -0.4 is 5.32 Å². The predicted octanol–water partition coefficient (Wildman–Crippen LogP) is 3.32. The summed E-state index contributed by atoms with van der Waals surface area (Å²) in [5.74, 6) is 2.60. The molecule has 0 aromatic heterocycles. The summed E-state index contributed by atoms with van der Waals surface area (Å²) in [5, 5.41) is 2.87. The summed E-state index contributed by atoms with van der Waals surface area (Å²) in [6.07, 6.45) is 6.14. The number of carbonyl (C=O) groups is 1. The van der Waals surface area contributed by atoms with Gasteiger partial charge >= 0.3 is 0 Å². The van der Waals surface area contributed by atoms with Gasteiger partial charge in [0.05, 0.1) is 5.25 Å². The van der Waals surface area contributed by atoms with E-state index in [0.29, 0.717) is 0 Å². The van der Waals surface area contributed by atoms with Gasteiger partial charge in [0, 0.05) is 16.1 Å². The predicted molar refractivity (Wildman–Crippen MR) is 82.8 cm³/mol. The van der Waals surface area contributed by atoms with Crippen molar-refractivity contribution in [3.05, 3.63) is 59.7 Å².